The summed E-state index contributed by atoms with van der Waals surface area (Å²) in [6.07, 6.45) is 6.16. The topological polar surface area (TPSA) is 32.3 Å². The maximum Gasteiger partial charge on any atom is 0.0499 e. The monoisotopic (exact) mass is 325 g/mol. The highest BCUT2D eigenvalue weighted by atomic mass is 79.9. The van der Waals surface area contributed by atoms with Crippen molar-refractivity contribution in [3.8, 4) is 0 Å². The summed E-state index contributed by atoms with van der Waals surface area (Å²) in [6, 6.07) is 6.46. The molecule has 0 saturated heterocycles. The summed E-state index contributed by atoms with van der Waals surface area (Å²) in [5.74, 6) is 0. The SMILES string of the molecule is Cc1ccc(CNCC2(CO)CCCCC2)c(Br)c1. The lowest BCUT2D eigenvalue weighted by Crippen LogP contribution is -2.38. The van der Waals surface area contributed by atoms with Gasteiger partial charge in [0.05, 0.1) is 0 Å². The third kappa shape index (κ3) is 4.04. The number of halogens is 1. The molecule has 0 spiro atoms. The minimum absolute atomic E-state index is 0.120. The number of aryl methyl sites for hydroxylation is 1. The van der Waals surface area contributed by atoms with E-state index in [0.717, 1.165) is 25.9 Å². The number of hydrogen-bond acceptors (Lipinski definition) is 2. The van der Waals surface area contributed by atoms with Gasteiger partial charge in [-0.1, -0.05) is 47.3 Å². The van der Waals surface area contributed by atoms with E-state index in [1.54, 1.807) is 0 Å². The van der Waals surface area contributed by atoms with Gasteiger partial charge in [-0.25, -0.2) is 0 Å². The molecule has 106 valence electrons. The molecule has 2 rings (SSSR count). The van der Waals surface area contributed by atoms with E-state index in [0.29, 0.717) is 6.61 Å². The van der Waals surface area contributed by atoms with E-state index in [2.05, 4.69) is 46.4 Å². The Balaban J connectivity index is 1.88. The van der Waals surface area contributed by atoms with Crippen LogP contribution >= 0.6 is 15.9 Å². The van der Waals surface area contributed by atoms with Crippen LogP contribution in [0.3, 0.4) is 0 Å². The molecule has 0 unspecified atom stereocenters. The van der Waals surface area contributed by atoms with Gasteiger partial charge in [0.2, 0.25) is 0 Å². The molecule has 0 aromatic heterocycles. The Bertz CT molecular complexity index is 413. The van der Waals surface area contributed by atoms with Crippen LogP contribution in [0.25, 0.3) is 0 Å². The Labute approximate surface area is 124 Å². The summed E-state index contributed by atoms with van der Waals surface area (Å²) < 4.78 is 1.17. The van der Waals surface area contributed by atoms with Gasteiger partial charge in [-0.15, -0.1) is 0 Å². The second-order valence-electron chi connectivity index (χ2n) is 5.92. The normalized spacial score (nSPS) is 18.5. The van der Waals surface area contributed by atoms with E-state index in [9.17, 15) is 5.11 Å². The summed E-state index contributed by atoms with van der Waals surface area (Å²) >= 11 is 3.61. The molecule has 0 radical (unpaired) electrons. The summed E-state index contributed by atoms with van der Waals surface area (Å²) in [5, 5.41) is 13.2. The first-order chi connectivity index (χ1) is 9.15. The largest absolute Gasteiger partial charge is 0.396 e. The molecule has 3 heteroatoms. The molecule has 1 fully saturated rings. The van der Waals surface area contributed by atoms with E-state index in [-0.39, 0.29) is 5.41 Å². The highest BCUT2D eigenvalue weighted by Gasteiger charge is 2.30. The highest BCUT2D eigenvalue weighted by Crippen LogP contribution is 2.35. The molecule has 2 nitrogen and oxygen atoms in total. The minimum atomic E-state index is 0.120. The Hall–Kier alpha value is -0.380. The Kier molecular flexibility index (Phi) is 5.43. The molecule has 0 aliphatic heterocycles. The molecular formula is C16H24BrNO. The predicted octanol–water partition coefficient (Wildman–Crippen LogP) is 3.79. The quantitative estimate of drug-likeness (QED) is 0.863. The van der Waals surface area contributed by atoms with Gasteiger partial charge < -0.3 is 10.4 Å². The van der Waals surface area contributed by atoms with Crippen LogP contribution in [-0.4, -0.2) is 18.3 Å². The van der Waals surface area contributed by atoms with Gasteiger partial charge in [0.15, 0.2) is 0 Å². The van der Waals surface area contributed by atoms with Gasteiger partial charge in [-0.2, -0.15) is 0 Å². The van der Waals surface area contributed by atoms with E-state index >= 15 is 0 Å². The van der Waals surface area contributed by atoms with Crippen molar-refractivity contribution in [1.82, 2.24) is 5.32 Å². The molecule has 1 saturated carbocycles. The summed E-state index contributed by atoms with van der Waals surface area (Å²) in [5.41, 5.74) is 2.68. The number of benzene rings is 1. The second kappa shape index (κ2) is 6.87. The standard InChI is InChI=1S/C16H24BrNO/c1-13-5-6-14(15(17)9-13)10-18-11-16(12-19)7-3-2-4-8-16/h5-6,9,18-19H,2-4,7-8,10-12H2,1H3. The molecule has 1 aromatic rings. The highest BCUT2D eigenvalue weighted by molar-refractivity contribution is 9.10. The average molecular weight is 326 g/mol. The lowest BCUT2D eigenvalue weighted by atomic mass is 9.74. The van der Waals surface area contributed by atoms with E-state index < -0.39 is 0 Å². The van der Waals surface area contributed by atoms with Crippen LogP contribution in [-0.2, 0) is 6.54 Å². The third-order valence-electron chi connectivity index (χ3n) is 4.27. The van der Waals surface area contributed by atoms with E-state index in [4.69, 9.17) is 0 Å². The van der Waals surface area contributed by atoms with Gasteiger partial charge in [-0.3, -0.25) is 0 Å². The summed E-state index contributed by atoms with van der Waals surface area (Å²) in [4.78, 5) is 0. The first-order valence-electron chi connectivity index (χ1n) is 7.22. The summed E-state index contributed by atoms with van der Waals surface area (Å²) in [6.45, 7) is 4.20. The molecule has 1 aromatic carbocycles. The molecule has 19 heavy (non-hydrogen) atoms. The van der Waals surface area contributed by atoms with Crippen molar-refractivity contribution in [1.29, 1.82) is 0 Å². The number of aliphatic hydroxyl groups excluding tert-OH is 1. The average Bonchev–Trinajstić information content (AvgIpc) is 2.42. The Morgan fingerprint density at radius 3 is 2.63 bits per heavy atom. The van der Waals surface area contributed by atoms with Gasteiger partial charge in [0, 0.05) is 29.6 Å². The lowest BCUT2D eigenvalue weighted by Gasteiger charge is -2.35. The zero-order valence-corrected chi connectivity index (χ0v) is 13.3. The van der Waals surface area contributed by atoms with Crippen molar-refractivity contribution in [3.63, 3.8) is 0 Å². The van der Waals surface area contributed by atoms with Gasteiger partial charge in [0.25, 0.3) is 0 Å². The molecule has 1 aliphatic rings. The van der Waals surface area contributed by atoms with Crippen molar-refractivity contribution in [2.75, 3.05) is 13.2 Å². The minimum Gasteiger partial charge on any atom is -0.396 e. The molecular weight excluding hydrogens is 302 g/mol. The smallest absolute Gasteiger partial charge is 0.0499 e. The van der Waals surface area contributed by atoms with Gasteiger partial charge in [0.1, 0.15) is 0 Å². The van der Waals surface area contributed by atoms with Crippen molar-refractivity contribution >= 4 is 15.9 Å². The van der Waals surface area contributed by atoms with E-state index in [1.807, 2.05) is 0 Å². The van der Waals surface area contributed by atoms with Gasteiger partial charge in [-0.05, 0) is 37.0 Å². The first kappa shape index (κ1) is 15.0. The fourth-order valence-corrected chi connectivity index (χ4v) is 3.58. The number of rotatable bonds is 5. The predicted molar refractivity (Wildman–Crippen MR) is 83.2 cm³/mol. The fraction of sp³-hybridized carbons (Fsp3) is 0.625. The van der Waals surface area contributed by atoms with Crippen LogP contribution in [0.5, 0.6) is 0 Å². The molecule has 0 amide bonds. The van der Waals surface area contributed by atoms with Crippen LogP contribution in [0.2, 0.25) is 0 Å². The second-order valence-corrected chi connectivity index (χ2v) is 6.77. The molecule has 2 N–H and O–H groups in total. The third-order valence-corrected chi connectivity index (χ3v) is 5.01. The van der Waals surface area contributed by atoms with Crippen LogP contribution in [0, 0.1) is 12.3 Å². The summed E-state index contributed by atoms with van der Waals surface area (Å²) in [7, 11) is 0. The number of nitrogens with one attached hydrogen (secondary N) is 1. The maximum atomic E-state index is 9.68. The van der Waals surface area contributed by atoms with Crippen molar-refractivity contribution in [3.05, 3.63) is 33.8 Å². The van der Waals surface area contributed by atoms with Crippen molar-refractivity contribution in [2.45, 2.75) is 45.6 Å². The Morgan fingerprint density at radius 2 is 2.00 bits per heavy atom. The number of aliphatic hydroxyl groups is 1. The van der Waals surface area contributed by atoms with Crippen LogP contribution in [0.1, 0.15) is 43.2 Å². The molecule has 0 atom stereocenters. The molecule has 0 heterocycles. The number of hydrogen-bond donors (Lipinski definition) is 2. The lowest BCUT2D eigenvalue weighted by molar-refractivity contribution is 0.0810. The Morgan fingerprint density at radius 1 is 1.26 bits per heavy atom. The van der Waals surface area contributed by atoms with Gasteiger partial charge >= 0.3 is 0 Å². The van der Waals surface area contributed by atoms with E-state index in [1.165, 1.54) is 34.9 Å². The molecule has 1 aliphatic carbocycles. The maximum absolute atomic E-state index is 9.68. The van der Waals surface area contributed by atoms with Crippen molar-refractivity contribution in [2.24, 2.45) is 5.41 Å². The zero-order valence-electron chi connectivity index (χ0n) is 11.7. The first-order valence-corrected chi connectivity index (χ1v) is 8.01. The van der Waals surface area contributed by atoms with Crippen molar-refractivity contribution < 1.29 is 5.11 Å². The fourth-order valence-electron chi connectivity index (χ4n) is 2.95. The molecule has 0 bridgehead atoms. The van der Waals surface area contributed by atoms with Crippen LogP contribution < -0.4 is 5.32 Å². The zero-order chi connectivity index (χ0) is 13.7. The van der Waals surface area contributed by atoms with Crippen LogP contribution in [0.4, 0.5) is 0 Å². The van der Waals surface area contributed by atoms with Crippen LogP contribution in [0.15, 0.2) is 22.7 Å².